The van der Waals surface area contributed by atoms with E-state index in [1.165, 1.54) is 6.42 Å². The first-order chi connectivity index (χ1) is 9.50. The molecule has 20 heavy (non-hydrogen) atoms. The maximum atomic E-state index is 4.44. The minimum Gasteiger partial charge on any atom is -0.312 e. The molecule has 114 valence electrons. The van der Waals surface area contributed by atoms with Crippen LogP contribution in [0.5, 0.6) is 0 Å². The first-order valence-corrected chi connectivity index (χ1v) is 7.83. The van der Waals surface area contributed by atoms with Crippen LogP contribution in [0.2, 0.25) is 0 Å². The van der Waals surface area contributed by atoms with Gasteiger partial charge in [-0.3, -0.25) is 4.90 Å². The maximum absolute atomic E-state index is 4.44. The molecule has 1 unspecified atom stereocenters. The zero-order valence-corrected chi connectivity index (χ0v) is 13.4. The highest BCUT2D eigenvalue weighted by Crippen LogP contribution is 2.22. The molecule has 1 fully saturated rings. The standard InChI is InChI=1S/C15H29N5/c1-5-8-20-14(17-12-18-20)11-19-9-6-7-16-13(10-19)15(2,3)4/h12-13,16H,5-11H2,1-4H3. The van der Waals surface area contributed by atoms with Crippen LogP contribution >= 0.6 is 0 Å². The zero-order valence-electron chi connectivity index (χ0n) is 13.4. The Morgan fingerprint density at radius 3 is 2.90 bits per heavy atom. The van der Waals surface area contributed by atoms with Crippen molar-refractivity contribution in [2.75, 3.05) is 19.6 Å². The quantitative estimate of drug-likeness (QED) is 0.914. The van der Waals surface area contributed by atoms with Gasteiger partial charge in [-0.15, -0.1) is 0 Å². The summed E-state index contributed by atoms with van der Waals surface area (Å²) in [6, 6.07) is 0.535. The summed E-state index contributed by atoms with van der Waals surface area (Å²) in [6.45, 7) is 14.3. The molecule has 1 atom stereocenters. The molecule has 1 aliphatic heterocycles. The lowest BCUT2D eigenvalue weighted by Crippen LogP contribution is -2.46. The molecule has 5 heteroatoms. The van der Waals surface area contributed by atoms with Gasteiger partial charge >= 0.3 is 0 Å². The molecular weight excluding hydrogens is 250 g/mol. The third-order valence-corrected chi connectivity index (χ3v) is 4.02. The van der Waals surface area contributed by atoms with Gasteiger partial charge in [0.15, 0.2) is 0 Å². The Bertz CT molecular complexity index is 407. The molecule has 1 N–H and O–H groups in total. The first-order valence-electron chi connectivity index (χ1n) is 7.83. The largest absolute Gasteiger partial charge is 0.312 e. The van der Waals surface area contributed by atoms with E-state index < -0.39 is 0 Å². The SMILES string of the molecule is CCCn1ncnc1CN1CCCNC(C(C)(C)C)C1. The third kappa shape index (κ3) is 4.03. The first kappa shape index (κ1) is 15.4. The fraction of sp³-hybridized carbons (Fsp3) is 0.867. The second kappa shape index (κ2) is 6.68. The van der Waals surface area contributed by atoms with Crippen LogP contribution < -0.4 is 5.32 Å². The number of rotatable bonds is 4. The highest BCUT2D eigenvalue weighted by molar-refractivity contribution is 4.90. The lowest BCUT2D eigenvalue weighted by Gasteiger charge is -2.33. The van der Waals surface area contributed by atoms with E-state index in [4.69, 9.17) is 0 Å². The molecule has 5 nitrogen and oxygen atoms in total. The van der Waals surface area contributed by atoms with Crippen LogP contribution in [0.1, 0.15) is 46.4 Å². The molecular formula is C15H29N5. The van der Waals surface area contributed by atoms with E-state index in [0.29, 0.717) is 11.5 Å². The topological polar surface area (TPSA) is 46.0 Å². The Morgan fingerprint density at radius 2 is 2.20 bits per heavy atom. The van der Waals surface area contributed by atoms with Crippen molar-refractivity contribution in [2.45, 2.75) is 59.7 Å². The summed E-state index contributed by atoms with van der Waals surface area (Å²) in [5.41, 5.74) is 0.291. The van der Waals surface area contributed by atoms with Gasteiger partial charge in [-0.1, -0.05) is 27.7 Å². The second-order valence-corrected chi connectivity index (χ2v) is 6.86. The van der Waals surface area contributed by atoms with E-state index in [0.717, 1.165) is 45.0 Å². The molecule has 0 bridgehead atoms. The molecule has 2 rings (SSSR count). The van der Waals surface area contributed by atoms with Gasteiger partial charge in [-0.2, -0.15) is 5.10 Å². The van der Waals surface area contributed by atoms with Crippen molar-refractivity contribution < 1.29 is 0 Å². The monoisotopic (exact) mass is 279 g/mol. The van der Waals surface area contributed by atoms with Crippen LogP contribution in [0.25, 0.3) is 0 Å². The van der Waals surface area contributed by atoms with Crippen LogP contribution in [0.3, 0.4) is 0 Å². The van der Waals surface area contributed by atoms with Crippen molar-refractivity contribution in [1.82, 2.24) is 25.0 Å². The van der Waals surface area contributed by atoms with Crippen molar-refractivity contribution in [3.63, 3.8) is 0 Å². The van der Waals surface area contributed by atoms with E-state index in [2.05, 4.69) is 48.0 Å². The summed E-state index contributed by atoms with van der Waals surface area (Å²) < 4.78 is 2.05. The minimum atomic E-state index is 0.291. The summed E-state index contributed by atoms with van der Waals surface area (Å²) >= 11 is 0. The summed E-state index contributed by atoms with van der Waals surface area (Å²) in [4.78, 5) is 6.96. The fourth-order valence-electron chi connectivity index (χ4n) is 2.73. The average Bonchev–Trinajstić information content (AvgIpc) is 2.65. The maximum Gasteiger partial charge on any atom is 0.141 e. The molecule has 1 saturated heterocycles. The van der Waals surface area contributed by atoms with Crippen molar-refractivity contribution in [1.29, 1.82) is 0 Å². The van der Waals surface area contributed by atoms with Crippen LogP contribution in [0.15, 0.2) is 6.33 Å². The van der Waals surface area contributed by atoms with Crippen LogP contribution in [-0.4, -0.2) is 45.3 Å². The molecule has 1 aliphatic rings. The van der Waals surface area contributed by atoms with E-state index in [1.54, 1.807) is 6.33 Å². The van der Waals surface area contributed by atoms with E-state index >= 15 is 0 Å². The van der Waals surface area contributed by atoms with Crippen molar-refractivity contribution in [2.24, 2.45) is 5.41 Å². The van der Waals surface area contributed by atoms with Gasteiger partial charge in [0.25, 0.3) is 0 Å². The Hall–Kier alpha value is -0.940. The normalized spacial score (nSPS) is 21.9. The number of aromatic nitrogens is 3. The molecule has 0 saturated carbocycles. The zero-order chi connectivity index (χ0) is 14.6. The fourth-order valence-corrected chi connectivity index (χ4v) is 2.73. The smallest absolute Gasteiger partial charge is 0.141 e. The van der Waals surface area contributed by atoms with Gasteiger partial charge in [-0.05, 0) is 31.3 Å². The summed E-state index contributed by atoms with van der Waals surface area (Å²) in [7, 11) is 0. The molecule has 1 aromatic rings. The Labute approximate surface area is 122 Å². The van der Waals surface area contributed by atoms with Gasteiger partial charge < -0.3 is 5.32 Å². The lowest BCUT2D eigenvalue weighted by molar-refractivity contribution is 0.187. The van der Waals surface area contributed by atoms with Crippen molar-refractivity contribution >= 4 is 0 Å². The molecule has 2 heterocycles. The van der Waals surface area contributed by atoms with Crippen molar-refractivity contribution in [3.8, 4) is 0 Å². The Morgan fingerprint density at radius 1 is 1.40 bits per heavy atom. The Balaban J connectivity index is 2.02. The predicted octanol–water partition coefficient (Wildman–Crippen LogP) is 1.90. The predicted molar refractivity (Wildman–Crippen MR) is 81.5 cm³/mol. The summed E-state index contributed by atoms with van der Waals surface area (Å²) in [5.74, 6) is 1.10. The molecule has 0 aromatic carbocycles. The van der Waals surface area contributed by atoms with Gasteiger partial charge in [0.2, 0.25) is 0 Å². The number of hydrogen-bond acceptors (Lipinski definition) is 4. The highest BCUT2D eigenvalue weighted by Gasteiger charge is 2.28. The highest BCUT2D eigenvalue weighted by atomic mass is 15.3. The van der Waals surface area contributed by atoms with Crippen LogP contribution in [-0.2, 0) is 13.1 Å². The van der Waals surface area contributed by atoms with Gasteiger partial charge in [0.05, 0.1) is 6.54 Å². The molecule has 0 radical (unpaired) electrons. The number of nitrogens with zero attached hydrogens (tertiary/aromatic N) is 4. The third-order valence-electron chi connectivity index (χ3n) is 4.02. The summed E-state index contributed by atoms with van der Waals surface area (Å²) in [6.07, 6.45) is 3.99. The lowest BCUT2D eigenvalue weighted by atomic mass is 9.86. The number of hydrogen-bond donors (Lipinski definition) is 1. The average molecular weight is 279 g/mol. The Kier molecular flexibility index (Phi) is 5.16. The molecule has 0 aliphatic carbocycles. The van der Waals surface area contributed by atoms with Gasteiger partial charge in [0, 0.05) is 19.1 Å². The van der Waals surface area contributed by atoms with Crippen LogP contribution in [0.4, 0.5) is 0 Å². The van der Waals surface area contributed by atoms with Gasteiger partial charge in [0.1, 0.15) is 12.2 Å². The molecule has 1 aromatic heterocycles. The minimum absolute atomic E-state index is 0.291. The van der Waals surface area contributed by atoms with E-state index in [-0.39, 0.29) is 0 Å². The summed E-state index contributed by atoms with van der Waals surface area (Å²) in [5, 5.41) is 8.01. The number of nitrogens with one attached hydrogen (secondary N) is 1. The number of aryl methyl sites for hydroxylation is 1. The van der Waals surface area contributed by atoms with Gasteiger partial charge in [-0.25, -0.2) is 9.67 Å². The van der Waals surface area contributed by atoms with Crippen molar-refractivity contribution in [3.05, 3.63) is 12.2 Å². The van der Waals surface area contributed by atoms with E-state index in [9.17, 15) is 0 Å². The van der Waals surface area contributed by atoms with E-state index in [1.807, 2.05) is 4.68 Å². The second-order valence-electron chi connectivity index (χ2n) is 6.86. The van der Waals surface area contributed by atoms with Crippen LogP contribution in [0, 0.1) is 5.41 Å². The molecule has 0 spiro atoms. The molecule has 0 amide bonds.